The van der Waals surface area contributed by atoms with E-state index in [1.807, 2.05) is 26.0 Å². The fourth-order valence-electron chi connectivity index (χ4n) is 3.12. The van der Waals surface area contributed by atoms with E-state index in [2.05, 4.69) is 15.6 Å². The van der Waals surface area contributed by atoms with Gasteiger partial charge in [0, 0.05) is 11.8 Å². The van der Waals surface area contributed by atoms with Crippen molar-refractivity contribution in [3.63, 3.8) is 0 Å². The third-order valence-corrected chi connectivity index (χ3v) is 4.88. The highest BCUT2D eigenvalue weighted by atomic mass is 16.5. The average Bonchev–Trinajstić information content (AvgIpc) is 2.77. The molecule has 8 nitrogen and oxygen atoms in total. The largest absolute Gasteiger partial charge is 0.497 e. The monoisotopic (exact) mass is 415 g/mol. The Hall–Kier alpha value is -3.13. The number of hydrogen-bond donors (Lipinski definition) is 2. The molecule has 1 aromatic heterocycles. The first-order valence-electron chi connectivity index (χ1n) is 9.57. The van der Waals surface area contributed by atoms with Crippen LogP contribution in [0.15, 0.2) is 42.6 Å². The van der Waals surface area contributed by atoms with Crippen molar-refractivity contribution in [1.82, 2.24) is 15.6 Å². The number of rotatable bonds is 10. The van der Waals surface area contributed by atoms with E-state index in [0.717, 1.165) is 5.56 Å². The number of carbonyl (C=O) groups is 2. The Labute approximate surface area is 176 Å². The normalized spacial score (nSPS) is 13.6. The van der Waals surface area contributed by atoms with Gasteiger partial charge in [0.15, 0.2) is 0 Å². The second kappa shape index (κ2) is 10.6. The van der Waals surface area contributed by atoms with Crippen LogP contribution in [0.25, 0.3) is 0 Å². The zero-order valence-electron chi connectivity index (χ0n) is 18.0. The van der Waals surface area contributed by atoms with Gasteiger partial charge in [-0.3, -0.25) is 19.9 Å². The van der Waals surface area contributed by atoms with Crippen LogP contribution in [0.1, 0.15) is 37.6 Å². The predicted octanol–water partition coefficient (Wildman–Crippen LogP) is 2.34. The number of benzene rings is 1. The van der Waals surface area contributed by atoms with Crippen molar-refractivity contribution in [1.29, 1.82) is 0 Å². The van der Waals surface area contributed by atoms with Gasteiger partial charge in [0.05, 0.1) is 51.6 Å². The van der Waals surface area contributed by atoms with Crippen LogP contribution in [-0.2, 0) is 19.9 Å². The molecule has 0 aliphatic heterocycles. The van der Waals surface area contributed by atoms with Crippen LogP contribution in [0.5, 0.6) is 11.5 Å². The SMILES string of the molecule is COC(=O)C[C@@](C)(NCC(=O)N[C@H](C)c1cc(OC)ccc1OC)c1ccccn1. The first-order chi connectivity index (χ1) is 14.3. The zero-order chi connectivity index (χ0) is 22.1. The quantitative estimate of drug-likeness (QED) is 0.575. The first kappa shape index (κ1) is 23.2. The molecule has 162 valence electrons. The number of aromatic nitrogens is 1. The van der Waals surface area contributed by atoms with E-state index in [1.165, 1.54) is 7.11 Å². The van der Waals surface area contributed by atoms with Crippen LogP contribution in [0.2, 0.25) is 0 Å². The van der Waals surface area contributed by atoms with Crippen LogP contribution in [-0.4, -0.2) is 44.7 Å². The number of nitrogens with one attached hydrogen (secondary N) is 2. The second-order valence-electron chi connectivity index (χ2n) is 7.05. The van der Waals surface area contributed by atoms with Crippen molar-refractivity contribution in [2.75, 3.05) is 27.9 Å². The van der Waals surface area contributed by atoms with Gasteiger partial charge in [-0.25, -0.2) is 0 Å². The topological polar surface area (TPSA) is 98.8 Å². The lowest BCUT2D eigenvalue weighted by atomic mass is 9.92. The van der Waals surface area contributed by atoms with Gasteiger partial charge in [-0.1, -0.05) is 6.07 Å². The zero-order valence-corrected chi connectivity index (χ0v) is 18.0. The van der Waals surface area contributed by atoms with E-state index in [0.29, 0.717) is 17.2 Å². The van der Waals surface area contributed by atoms with Crippen LogP contribution in [0.4, 0.5) is 0 Å². The van der Waals surface area contributed by atoms with Gasteiger partial charge in [0.2, 0.25) is 5.91 Å². The van der Waals surface area contributed by atoms with Gasteiger partial charge < -0.3 is 19.5 Å². The number of hydrogen-bond acceptors (Lipinski definition) is 7. The van der Waals surface area contributed by atoms with Crippen molar-refractivity contribution >= 4 is 11.9 Å². The molecule has 0 spiro atoms. The number of pyridine rings is 1. The molecule has 0 saturated carbocycles. The molecule has 2 aromatic rings. The molecular formula is C22H29N3O5. The molecule has 0 radical (unpaired) electrons. The summed E-state index contributed by atoms with van der Waals surface area (Å²) < 4.78 is 15.5. The lowest BCUT2D eigenvalue weighted by Crippen LogP contribution is -2.47. The summed E-state index contributed by atoms with van der Waals surface area (Å²) in [5.74, 6) is 0.691. The molecule has 0 unspecified atom stereocenters. The maximum atomic E-state index is 12.6. The highest BCUT2D eigenvalue weighted by Gasteiger charge is 2.32. The Kier molecular flexibility index (Phi) is 8.17. The molecule has 0 aliphatic carbocycles. The van der Waals surface area contributed by atoms with Crippen LogP contribution in [0, 0.1) is 0 Å². The highest BCUT2D eigenvalue weighted by molar-refractivity contribution is 5.79. The van der Waals surface area contributed by atoms with Crippen molar-refractivity contribution in [3.05, 3.63) is 53.9 Å². The van der Waals surface area contributed by atoms with E-state index in [1.54, 1.807) is 44.7 Å². The van der Waals surface area contributed by atoms with Crippen LogP contribution in [0.3, 0.4) is 0 Å². The molecule has 1 amide bonds. The van der Waals surface area contributed by atoms with Gasteiger partial charge in [-0.05, 0) is 44.2 Å². The Balaban J connectivity index is 2.10. The van der Waals surface area contributed by atoms with Crippen molar-refractivity contribution < 1.29 is 23.8 Å². The predicted molar refractivity (Wildman–Crippen MR) is 112 cm³/mol. The smallest absolute Gasteiger partial charge is 0.307 e. The third-order valence-electron chi connectivity index (χ3n) is 4.88. The van der Waals surface area contributed by atoms with Crippen molar-refractivity contribution in [2.45, 2.75) is 31.8 Å². The molecule has 2 atom stereocenters. The Morgan fingerprint density at radius 1 is 1.13 bits per heavy atom. The minimum atomic E-state index is -0.859. The van der Waals surface area contributed by atoms with Crippen molar-refractivity contribution in [2.24, 2.45) is 0 Å². The van der Waals surface area contributed by atoms with Crippen LogP contribution >= 0.6 is 0 Å². The maximum absolute atomic E-state index is 12.6. The lowest BCUT2D eigenvalue weighted by Gasteiger charge is -2.29. The number of esters is 1. The van der Waals surface area contributed by atoms with Gasteiger partial charge in [-0.15, -0.1) is 0 Å². The third kappa shape index (κ3) is 5.93. The summed E-state index contributed by atoms with van der Waals surface area (Å²) in [5.41, 5.74) is 0.584. The van der Waals surface area contributed by atoms with Gasteiger partial charge in [0.1, 0.15) is 11.5 Å². The minimum Gasteiger partial charge on any atom is -0.497 e. The molecule has 0 fully saturated rings. The molecule has 0 aliphatic rings. The first-order valence-corrected chi connectivity index (χ1v) is 9.57. The van der Waals surface area contributed by atoms with Crippen molar-refractivity contribution in [3.8, 4) is 11.5 Å². The Morgan fingerprint density at radius 2 is 1.90 bits per heavy atom. The summed E-state index contributed by atoms with van der Waals surface area (Å²) in [5, 5.41) is 6.09. The summed E-state index contributed by atoms with van der Waals surface area (Å²) in [6, 6.07) is 10.5. The maximum Gasteiger partial charge on any atom is 0.307 e. The summed E-state index contributed by atoms with van der Waals surface area (Å²) in [7, 11) is 4.49. The fraction of sp³-hybridized carbons (Fsp3) is 0.409. The van der Waals surface area contributed by atoms with E-state index in [9.17, 15) is 9.59 Å². The molecule has 30 heavy (non-hydrogen) atoms. The van der Waals surface area contributed by atoms with Gasteiger partial charge in [0.25, 0.3) is 0 Å². The number of methoxy groups -OCH3 is 3. The standard InChI is InChI=1S/C22H29N3O5/c1-15(17-12-16(28-3)9-10-18(17)29-4)25-20(26)14-24-22(2,13-21(27)30-5)19-8-6-7-11-23-19/h6-12,15,24H,13-14H2,1-5H3,(H,25,26)/t15-,22-/m1/s1. The fourth-order valence-corrected chi connectivity index (χ4v) is 3.12. The molecule has 8 heteroatoms. The molecule has 0 saturated heterocycles. The molecule has 0 bridgehead atoms. The summed E-state index contributed by atoms with van der Waals surface area (Å²) in [6.07, 6.45) is 1.68. The summed E-state index contributed by atoms with van der Waals surface area (Å²) in [6.45, 7) is 3.66. The van der Waals surface area contributed by atoms with Crippen LogP contribution < -0.4 is 20.1 Å². The molecule has 2 rings (SSSR count). The Bertz CT molecular complexity index is 859. The van der Waals surface area contributed by atoms with E-state index in [-0.39, 0.29) is 24.9 Å². The molecular weight excluding hydrogens is 386 g/mol. The molecule has 1 heterocycles. The average molecular weight is 415 g/mol. The minimum absolute atomic E-state index is 0.0132. The number of carbonyl (C=O) groups excluding carboxylic acids is 2. The second-order valence-corrected chi connectivity index (χ2v) is 7.05. The van der Waals surface area contributed by atoms with E-state index < -0.39 is 11.5 Å². The van der Waals surface area contributed by atoms with E-state index in [4.69, 9.17) is 14.2 Å². The summed E-state index contributed by atoms with van der Waals surface area (Å²) >= 11 is 0. The molecule has 1 aromatic carbocycles. The molecule has 2 N–H and O–H groups in total. The van der Waals surface area contributed by atoms with Gasteiger partial charge in [-0.2, -0.15) is 0 Å². The number of nitrogens with zero attached hydrogens (tertiary/aromatic N) is 1. The Morgan fingerprint density at radius 3 is 2.50 bits per heavy atom. The number of ether oxygens (including phenoxy) is 3. The highest BCUT2D eigenvalue weighted by Crippen LogP contribution is 2.29. The summed E-state index contributed by atoms with van der Waals surface area (Å²) in [4.78, 5) is 28.9. The van der Waals surface area contributed by atoms with Gasteiger partial charge >= 0.3 is 5.97 Å². The number of amides is 1. The lowest BCUT2D eigenvalue weighted by molar-refractivity contribution is -0.142. The van der Waals surface area contributed by atoms with E-state index >= 15 is 0 Å².